The van der Waals surface area contributed by atoms with Crippen molar-refractivity contribution in [3.63, 3.8) is 0 Å². The molecule has 0 unspecified atom stereocenters. The Balaban J connectivity index is 2.36. The zero-order valence-electron chi connectivity index (χ0n) is 12.9. The number of nitrogens with one attached hydrogen (secondary N) is 1. The van der Waals surface area contributed by atoms with Crippen molar-refractivity contribution in [1.29, 1.82) is 0 Å². The molecule has 21 heavy (non-hydrogen) atoms. The Morgan fingerprint density at radius 3 is 2.62 bits per heavy atom. The molecule has 1 aromatic heterocycles. The number of hydrogen-bond acceptors (Lipinski definition) is 6. The highest BCUT2D eigenvalue weighted by Gasteiger charge is 2.30. The zero-order chi connectivity index (χ0) is 15.4. The Labute approximate surface area is 124 Å². The fourth-order valence-corrected chi connectivity index (χ4v) is 2.28. The minimum Gasteiger partial charge on any atom is -0.354 e. The van der Waals surface area contributed by atoms with Crippen molar-refractivity contribution in [3.05, 3.63) is 15.8 Å². The monoisotopic (exact) mass is 293 g/mol. The Morgan fingerprint density at radius 1 is 1.38 bits per heavy atom. The molecule has 1 fully saturated rings. The fourth-order valence-electron chi connectivity index (χ4n) is 2.28. The van der Waals surface area contributed by atoms with E-state index in [0.717, 1.165) is 19.5 Å². The molecule has 0 radical (unpaired) electrons. The molecule has 1 heterocycles. The third kappa shape index (κ3) is 3.80. The maximum absolute atomic E-state index is 11.4. The SMILES string of the molecule is CCCNc1nc(C)c([N+](=O)[O-])c(N(CC)CC2CC2)n1. The first kappa shape index (κ1) is 15.5. The van der Waals surface area contributed by atoms with E-state index in [9.17, 15) is 10.1 Å². The summed E-state index contributed by atoms with van der Waals surface area (Å²) in [5.74, 6) is 1.57. The first-order chi connectivity index (χ1) is 10.1. The van der Waals surface area contributed by atoms with Crippen LogP contribution in [0, 0.1) is 23.0 Å². The molecule has 1 N–H and O–H groups in total. The van der Waals surface area contributed by atoms with Gasteiger partial charge in [0.1, 0.15) is 5.69 Å². The number of anilines is 2. The molecule has 0 atom stereocenters. The normalized spacial score (nSPS) is 14.0. The molecule has 2 rings (SSSR count). The van der Waals surface area contributed by atoms with Gasteiger partial charge in [0.15, 0.2) is 0 Å². The molecule has 0 bridgehead atoms. The summed E-state index contributed by atoms with van der Waals surface area (Å²) >= 11 is 0. The van der Waals surface area contributed by atoms with Gasteiger partial charge in [-0.15, -0.1) is 0 Å². The number of nitrogens with zero attached hydrogens (tertiary/aromatic N) is 4. The van der Waals surface area contributed by atoms with Crippen LogP contribution in [0.1, 0.15) is 38.8 Å². The number of aromatic nitrogens is 2. The maximum atomic E-state index is 11.4. The standard InChI is InChI=1S/C14H23N5O2/c1-4-8-15-14-16-10(3)12(19(20)21)13(17-14)18(5-2)9-11-6-7-11/h11H,4-9H2,1-3H3,(H,15,16,17). The van der Waals surface area contributed by atoms with Crippen molar-refractivity contribution in [2.24, 2.45) is 5.92 Å². The number of hydrogen-bond donors (Lipinski definition) is 1. The summed E-state index contributed by atoms with van der Waals surface area (Å²) in [6.45, 7) is 8.03. The molecular formula is C14H23N5O2. The Kier molecular flexibility index (Phi) is 4.93. The smallest absolute Gasteiger partial charge is 0.332 e. The summed E-state index contributed by atoms with van der Waals surface area (Å²) in [4.78, 5) is 21.6. The van der Waals surface area contributed by atoms with E-state index in [1.807, 2.05) is 11.8 Å². The van der Waals surface area contributed by atoms with Gasteiger partial charge in [0.05, 0.1) is 4.92 Å². The Morgan fingerprint density at radius 2 is 2.10 bits per heavy atom. The van der Waals surface area contributed by atoms with Gasteiger partial charge >= 0.3 is 5.69 Å². The van der Waals surface area contributed by atoms with Crippen molar-refractivity contribution in [2.45, 2.75) is 40.0 Å². The van der Waals surface area contributed by atoms with E-state index in [1.165, 1.54) is 12.8 Å². The fraction of sp³-hybridized carbons (Fsp3) is 0.714. The van der Waals surface area contributed by atoms with Crippen LogP contribution in [0.15, 0.2) is 0 Å². The van der Waals surface area contributed by atoms with Gasteiger partial charge in [0.25, 0.3) is 0 Å². The number of nitro groups is 1. The quantitative estimate of drug-likeness (QED) is 0.586. The average molecular weight is 293 g/mol. The molecule has 0 aliphatic heterocycles. The summed E-state index contributed by atoms with van der Waals surface area (Å²) in [5.41, 5.74) is 0.442. The minimum atomic E-state index is -0.371. The lowest BCUT2D eigenvalue weighted by Crippen LogP contribution is -2.28. The third-order valence-electron chi connectivity index (χ3n) is 3.61. The van der Waals surface area contributed by atoms with Crippen molar-refractivity contribution < 1.29 is 4.92 Å². The summed E-state index contributed by atoms with van der Waals surface area (Å²) in [6, 6.07) is 0. The van der Waals surface area contributed by atoms with Crippen molar-refractivity contribution in [3.8, 4) is 0 Å². The van der Waals surface area contributed by atoms with Gasteiger partial charge < -0.3 is 10.2 Å². The first-order valence-electron chi connectivity index (χ1n) is 7.58. The van der Waals surface area contributed by atoms with E-state index < -0.39 is 0 Å². The van der Waals surface area contributed by atoms with E-state index in [4.69, 9.17) is 0 Å². The Bertz CT molecular complexity index is 516. The lowest BCUT2D eigenvalue weighted by molar-refractivity contribution is -0.385. The topological polar surface area (TPSA) is 84.2 Å². The third-order valence-corrected chi connectivity index (χ3v) is 3.61. The number of aryl methyl sites for hydroxylation is 1. The highest BCUT2D eigenvalue weighted by molar-refractivity contribution is 5.62. The average Bonchev–Trinajstić information content (AvgIpc) is 3.25. The van der Waals surface area contributed by atoms with Gasteiger partial charge in [-0.3, -0.25) is 10.1 Å². The molecule has 0 spiro atoms. The molecule has 116 valence electrons. The van der Waals surface area contributed by atoms with Gasteiger partial charge in [-0.05, 0) is 39.0 Å². The molecule has 0 amide bonds. The molecule has 7 nitrogen and oxygen atoms in total. The van der Waals surface area contributed by atoms with E-state index in [0.29, 0.717) is 29.9 Å². The second kappa shape index (κ2) is 6.69. The highest BCUT2D eigenvalue weighted by atomic mass is 16.6. The van der Waals surface area contributed by atoms with Crippen LogP contribution in [0.4, 0.5) is 17.5 Å². The van der Waals surface area contributed by atoms with Crippen molar-refractivity contribution >= 4 is 17.5 Å². The second-order valence-electron chi connectivity index (χ2n) is 5.47. The van der Waals surface area contributed by atoms with Crippen molar-refractivity contribution in [1.82, 2.24) is 9.97 Å². The number of rotatable bonds is 8. The molecule has 1 aromatic rings. The van der Waals surface area contributed by atoms with Gasteiger partial charge in [-0.25, -0.2) is 4.98 Å². The van der Waals surface area contributed by atoms with Crippen LogP contribution in [0.2, 0.25) is 0 Å². The van der Waals surface area contributed by atoms with Crippen LogP contribution >= 0.6 is 0 Å². The minimum absolute atomic E-state index is 0.0274. The summed E-state index contributed by atoms with van der Waals surface area (Å²) in [6.07, 6.45) is 3.36. The molecular weight excluding hydrogens is 270 g/mol. The lowest BCUT2D eigenvalue weighted by atomic mass is 10.3. The highest BCUT2D eigenvalue weighted by Crippen LogP contribution is 2.35. The Hall–Kier alpha value is -1.92. The van der Waals surface area contributed by atoms with E-state index in [2.05, 4.69) is 22.2 Å². The summed E-state index contributed by atoms with van der Waals surface area (Å²) in [7, 11) is 0. The second-order valence-corrected chi connectivity index (χ2v) is 5.47. The van der Waals surface area contributed by atoms with Gasteiger partial charge in [-0.2, -0.15) is 4.98 Å². The molecule has 1 saturated carbocycles. The summed E-state index contributed by atoms with van der Waals surface area (Å²) < 4.78 is 0. The largest absolute Gasteiger partial charge is 0.354 e. The van der Waals surface area contributed by atoms with Crippen molar-refractivity contribution in [2.75, 3.05) is 29.9 Å². The lowest BCUT2D eigenvalue weighted by Gasteiger charge is -2.22. The maximum Gasteiger partial charge on any atom is 0.332 e. The predicted octanol–water partition coefficient (Wildman–Crippen LogP) is 2.75. The van der Waals surface area contributed by atoms with E-state index in [1.54, 1.807) is 6.92 Å². The van der Waals surface area contributed by atoms with Crippen LogP contribution < -0.4 is 10.2 Å². The van der Waals surface area contributed by atoms with Crippen LogP contribution in [0.5, 0.6) is 0 Å². The molecule has 1 aliphatic rings. The zero-order valence-corrected chi connectivity index (χ0v) is 12.9. The van der Waals surface area contributed by atoms with Gasteiger partial charge in [0, 0.05) is 19.6 Å². The van der Waals surface area contributed by atoms with Crippen LogP contribution in [0.3, 0.4) is 0 Å². The van der Waals surface area contributed by atoms with Crippen LogP contribution in [-0.2, 0) is 0 Å². The van der Waals surface area contributed by atoms with E-state index >= 15 is 0 Å². The predicted molar refractivity (Wildman–Crippen MR) is 82.8 cm³/mol. The molecule has 1 aliphatic carbocycles. The van der Waals surface area contributed by atoms with Gasteiger partial charge in [0.2, 0.25) is 11.8 Å². The van der Waals surface area contributed by atoms with E-state index in [-0.39, 0.29) is 10.6 Å². The molecule has 0 aromatic carbocycles. The van der Waals surface area contributed by atoms with Gasteiger partial charge in [-0.1, -0.05) is 6.92 Å². The van der Waals surface area contributed by atoms with Crippen LogP contribution in [0.25, 0.3) is 0 Å². The van der Waals surface area contributed by atoms with Crippen LogP contribution in [-0.4, -0.2) is 34.5 Å². The first-order valence-corrected chi connectivity index (χ1v) is 7.58. The molecule has 7 heteroatoms. The molecule has 0 saturated heterocycles. The summed E-state index contributed by atoms with van der Waals surface area (Å²) in [5, 5.41) is 14.5.